The largest absolute Gasteiger partial charge is 0.340 e. The van der Waals surface area contributed by atoms with Gasteiger partial charge in [0.2, 0.25) is 0 Å². The lowest BCUT2D eigenvalue weighted by atomic mass is 10.0. The molecule has 0 amide bonds. The monoisotopic (exact) mass is 334 g/mol. The fourth-order valence-electron chi connectivity index (χ4n) is 3.78. The number of halogens is 1. The number of fused-ring (bicyclic) bond motifs is 3. The first kappa shape index (κ1) is 16.1. The van der Waals surface area contributed by atoms with E-state index in [2.05, 4.69) is 53.8 Å². The molecule has 128 valence electrons. The molecular formula is C22H23FN2. The van der Waals surface area contributed by atoms with Crippen LogP contribution in [0.5, 0.6) is 0 Å². The Morgan fingerprint density at radius 3 is 2.72 bits per heavy atom. The summed E-state index contributed by atoms with van der Waals surface area (Å²) in [4.78, 5) is 2.39. The number of hydrogen-bond donors (Lipinski definition) is 0. The molecule has 0 fully saturated rings. The number of nitrogens with zero attached hydrogens (tertiary/aromatic N) is 2. The van der Waals surface area contributed by atoms with Crippen molar-refractivity contribution in [3.8, 4) is 0 Å². The number of aromatic nitrogens is 1. The average Bonchev–Trinajstić information content (AvgIpc) is 2.89. The zero-order chi connectivity index (χ0) is 17.4. The van der Waals surface area contributed by atoms with Crippen LogP contribution in [0.2, 0.25) is 0 Å². The summed E-state index contributed by atoms with van der Waals surface area (Å²) >= 11 is 0. The van der Waals surface area contributed by atoms with Gasteiger partial charge in [-0.25, -0.2) is 4.39 Å². The molecule has 0 atom stereocenters. The molecule has 0 spiro atoms. The number of aryl methyl sites for hydroxylation is 1. The van der Waals surface area contributed by atoms with Crippen molar-refractivity contribution in [2.75, 3.05) is 13.6 Å². The topological polar surface area (TPSA) is 8.17 Å². The minimum Gasteiger partial charge on any atom is -0.340 e. The highest BCUT2D eigenvalue weighted by Crippen LogP contribution is 2.31. The molecule has 0 unspecified atom stereocenters. The SMILES string of the molecule is Cc1ccc2c(c1)c1c(n2CC=Cc2ccc(F)cc2)CCN(C)C1. The first-order chi connectivity index (χ1) is 12.1. The minimum atomic E-state index is -0.192. The van der Waals surface area contributed by atoms with E-state index in [-0.39, 0.29) is 5.82 Å². The van der Waals surface area contributed by atoms with Crippen molar-refractivity contribution in [1.29, 1.82) is 0 Å². The molecule has 1 aliphatic rings. The van der Waals surface area contributed by atoms with Crippen molar-refractivity contribution in [2.45, 2.75) is 26.4 Å². The van der Waals surface area contributed by atoms with Crippen LogP contribution in [0.3, 0.4) is 0 Å². The molecule has 1 aromatic heterocycles. The zero-order valence-corrected chi connectivity index (χ0v) is 14.8. The Kier molecular flexibility index (Phi) is 4.18. The van der Waals surface area contributed by atoms with E-state index < -0.39 is 0 Å². The van der Waals surface area contributed by atoms with E-state index in [9.17, 15) is 4.39 Å². The summed E-state index contributed by atoms with van der Waals surface area (Å²) in [5, 5.41) is 1.39. The summed E-state index contributed by atoms with van der Waals surface area (Å²) in [7, 11) is 2.19. The van der Waals surface area contributed by atoms with Crippen LogP contribution in [-0.2, 0) is 19.5 Å². The lowest BCUT2D eigenvalue weighted by Gasteiger charge is -2.24. The third-order valence-electron chi connectivity index (χ3n) is 5.07. The van der Waals surface area contributed by atoms with E-state index in [4.69, 9.17) is 0 Å². The quantitative estimate of drug-likeness (QED) is 0.668. The molecule has 3 heteroatoms. The van der Waals surface area contributed by atoms with Crippen molar-refractivity contribution in [2.24, 2.45) is 0 Å². The first-order valence-corrected chi connectivity index (χ1v) is 8.83. The van der Waals surface area contributed by atoms with Crippen LogP contribution in [0.1, 0.15) is 22.4 Å². The Morgan fingerprint density at radius 1 is 1.12 bits per heavy atom. The van der Waals surface area contributed by atoms with E-state index in [1.807, 2.05) is 12.1 Å². The normalized spacial score (nSPS) is 15.2. The number of allylic oxidation sites excluding steroid dienone is 1. The fraction of sp³-hybridized carbons (Fsp3) is 0.273. The van der Waals surface area contributed by atoms with Gasteiger partial charge in [-0.1, -0.05) is 35.9 Å². The van der Waals surface area contributed by atoms with Gasteiger partial charge >= 0.3 is 0 Å². The van der Waals surface area contributed by atoms with E-state index in [1.54, 1.807) is 0 Å². The van der Waals surface area contributed by atoms with Gasteiger partial charge in [-0.15, -0.1) is 0 Å². The predicted octanol–water partition coefficient (Wildman–Crippen LogP) is 4.79. The zero-order valence-electron chi connectivity index (χ0n) is 14.8. The van der Waals surface area contributed by atoms with Crippen molar-refractivity contribution < 1.29 is 4.39 Å². The highest BCUT2D eigenvalue weighted by atomic mass is 19.1. The lowest BCUT2D eigenvalue weighted by Crippen LogP contribution is -2.27. The second kappa shape index (κ2) is 6.49. The molecule has 1 aliphatic heterocycles. The van der Waals surface area contributed by atoms with Gasteiger partial charge in [-0.2, -0.15) is 0 Å². The highest BCUT2D eigenvalue weighted by molar-refractivity contribution is 5.86. The number of likely N-dealkylation sites (N-methyl/N-ethyl adjacent to an activating group) is 1. The molecule has 2 aromatic carbocycles. The Bertz CT molecular complexity index is 935. The van der Waals surface area contributed by atoms with Gasteiger partial charge < -0.3 is 9.47 Å². The van der Waals surface area contributed by atoms with Crippen molar-refractivity contribution in [1.82, 2.24) is 9.47 Å². The molecule has 2 heterocycles. The van der Waals surface area contributed by atoms with Gasteiger partial charge in [0.25, 0.3) is 0 Å². The van der Waals surface area contributed by atoms with Crippen LogP contribution in [0.4, 0.5) is 4.39 Å². The Morgan fingerprint density at radius 2 is 1.92 bits per heavy atom. The molecule has 0 saturated heterocycles. The number of hydrogen-bond acceptors (Lipinski definition) is 1. The molecule has 4 rings (SSSR count). The molecule has 0 radical (unpaired) electrons. The molecule has 0 N–H and O–H groups in total. The van der Waals surface area contributed by atoms with Crippen molar-refractivity contribution in [3.63, 3.8) is 0 Å². The highest BCUT2D eigenvalue weighted by Gasteiger charge is 2.21. The van der Waals surface area contributed by atoms with Crippen molar-refractivity contribution in [3.05, 3.63) is 76.7 Å². The van der Waals surface area contributed by atoms with Gasteiger partial charge in [0.15, 0.2) is 0 Å². The summed E-state index contributed by atoms with van der Waals surface area (Å²) < 4.78 is 15.5. The number of rotatable bonds is 3. The second-order valence-corrected chi connectivity index (χ2v) is 7.00. The summed E-state index contributed by atoms with van der Waals surface area (Å²) in [6.07, 6.45) is 5.33. The first-order valence-electron chi connectivity index (χ1n) is 8.83. The van der Waals surface area contributed by atoms with Gasteiger partial charge in [0, 0.05) is 42.7 Å². The molecule has 0 saturated carbocycles. The molecule has 2 nitrogen and oxygen atoms in total. The van der Waals surface area contributed by atoms with Gasteiger partial charge in [-0.3, -0.25) is 0 Å². The summed E-state index contributed by atoms with van der Waals surface area (Å²) in [6.45, 7) is 5.12. The molecular weight excluding hydrogens is 311 g/mol. The third kappa shape index (κ3) is 3.12. The van der Waals surface area contributed by atoms with E-state index in [0.29, 0.717) is 0 Å². The molecule has 0 aliphatic carbocycles. The van der Waals surface area contributed by atoms with Gasteiger partial charge in [-0.05, 0) is 49.4 Å². The Balaban J connectivity index is 1.70. The van der Waals surface area contributed by atoms with E-state index in [1.165, 1.54) is 39.9 Å². The van der Waals surface area contributed by atoms with Crippen LogP contribution in [0.25, 0.3) is 17.0 Å². The van der Waals surface area contributed by atoms with Crippen LogP contribution in [-0.4, -0.2) is 23.1 Å². The Labute approximate surface area is 148 Å². The van der Waals surface area contributed by atoms with Crippen molar-refractivity contribution >= 4 is 17.0 Å². The molecule has 25 heavy (non-hydrogen) atoms. The van der Waals surface area contributed by atoms with Crippen LogP contribution in [0.15, 0.2) is 48.5 Å². The number of benzene rings is 2. The lowest BCUT2D eigenvalue weighted by molar-refractivity contribution is 0.310. The maximum Gasteiger partial charge on any atom is 0.123 e. The minimum absolute atomic E-state index is 0.192. The van der Waals surface area contributed by atoms with E-state index in [0.717, 1.165) is 31.6 Å². The third-order valence-corrected chi connectivity index (χ3v) is 5.07. The van der Waals surface area contributed by atoms with Gasteiger partial charge in [0.1, 0.15) is 5.82 Å². The summed E-state index contributed by atoms with van der Waals surface area (Å²) in [5.41, 5.74) is 6.59. The Hall–Kier alpha value is -2.39. The van der Waals surface area contributed by atoms with Crippen LogP contribution < -0.4 is 0 Å². The smallest absolute Gasteiger partial charge is 0.123 e. The maximum absolute atomic E-state index is 13.0. The summed E-state index contributed by atoms with van der Waals surface area (Å²) in [6, 6.07) is 13.4. The van der Waals surface area contributed by atoms with E-state index >= 15 is 0 Å². The van der Waals surface area contributed by atoms with Crippen LogP contribution in [0, 0.1) is 12.7 Å². The predicted molar refractivity (Wildman–Crippen MR) is 102 cm³/mol. The maximum atomic E-state index is 13.0. The molecule has 3 aromatic rings. The average molecular weight is 334 g/mol. The standard InChI is InChI=1S/C22H23FN2/c1-16-5-10-21-19(14-16)20-15-24(2)13-11-22(20)25(21)12-3-4-17-6-8-18(23)9-7-17/h3-10,14H,11-13,15H2,1-2H3. The summed E-state index contributed by atoms with van der Waals surface area (Å²) in [5.74, 6) is -0.192. The van der Waals surface area contributed by atoms with Crippen LogP contribution >= 0.6 is 0 Å². The fourth-order valence-corrected chi connectivity index (χ4v) is 3.78. The molecule has 0 bridgehead atoms. The van der Waals surface area contributed by atoms with Gasteiger partial charge in [0.05, 0.1) is 0 Å². The second-order valence-electron chi connectivity index (χ2n) is 7.00.